The van der Waals surface area contributed by atoms with Gasteiger partial charge < -0.3 is 17.2 Å². The highest BCUT2D eigenvalue weighted by Gasteiger charge is 2.34. The molecule has 0 amide bonds. The molecule has 1 atom stereocenters. The van der Waals surface area contributed by atoms with E-state index in [0.717, 1.165) is 39.2 Å². The van der Waals surface area contributed by atoms with Crippen molar-refractivity contribution < 1.29 is 0 Å². The van der Waals surface area contributed by atoms with Crippen LogP contribution in [0.5, 0.6) is 0 Å². The van der Waals surface area contributed by atoms with Crippen LogP contribution >= 0.6 is 0 Å². The topological polar surface area (TPSA) is 102 Å². The number of benzene rings is 3. The average Bonchev–Trinajstić information content (AvgIpc) is 2.75. The van der Waals surface area contributed by atoms with Crippen LogP contribution < -0.4 is 17.2 Å². The number of rotatable bonds is 4. The first-order valence-corrected chi connectivity index (χ1v) is 9.87. The molecule has 0 bridgehead atoms. The van der Waals surface area contributed by atoms with Gasteiger partial charge in [-0.25, -0.2) is 0 Å². The Labute approximate surface area is 176 Å². The molecule has 0 spiro atoms. The number of anilines is 3. The molecule has 6 N–H and O–H groups in total. The fourth-order valence-electron chi connectivity index (χ4n) is 4.05. The second kappa shape index (κ2) is 7.81. The highest BCUT2D eigenvalue weighted by Crippen LogP contribution is 2.45. The maximum atomic E-state index is 9.73. The van der Waals surface area contributed by atoms with Crippen LogP contribution in [0.2, 0.25) is 0 Å². The minimum atomic E-state index is -0.454. The number of allylic oxidation sites excluding steroid dienone is 4. The molecule has 4 heteroatoms. The molecule has 0 heterocycles. The molecule has 0 aliphatic heterocycles. The Morgan fingerprint density at radius 1 is 0.733 bits per heavy atom. The van der Waals surface area contributed by atoms with E-state index in [2.05, 4.69) is 18.2 Å². The van der Waals surface area contributed by atoms with E-state index in [-0.39, 0.29) is 0 Å². The van der Waals surface area contributed by atoms with Gasteiger partial charge in [-0.3, -0.25) is 0 Å². The van der Waals surface area contributed by atoms with Crippen molar-refractivity contribution in [3.05, 3.63) is 102 Å². The van der Waals surface area contributed by atoms with E-state index < -0.39 is 5.41 Å². The van der Waals surface area contributed by atoms with Gasteiger partial charge in [0.25, 0.3) is 0 Å². The van der Waals surface area contributed by atoms with Crippen LogP contribution in [-0.2, 0) is 5.41 Å². The summed E-state index contributed by atoms with van der Waals surface area (Å²) in [7, 11) is 0. The minimum absolute atomic E-state index is 0.363. The summed E-state index contributed by atoms with van der Waals surface area (Å²) in [6.45, 7) is 0. The molecule has 1 aliphatic carbocycles. The quantitative estimate of drug-likeness (QED) is 0.534. The van der Waals surface area contributed by atoms with Gasteiger partial charge in [-0.2, -0.15) is 5.26 Å². The molecule has 4 nitrogen and oxygen atoms in total. The number of nitrogens with zero attached hydrogens (tertiary/aromatic N) is 1. The van der Waals surface area contributed by atoms with Gasteiger partial charge in [-0.15, -0.1) is 0 Å². The molecule has 0 saturated carbocycles. The first-order chi connectivity index (χ1) is 14.5. The third kappa shape index (κ3) is 3.78. The lowest BCUT2D eigenvalue weighted by molar-refractivity contribution is 0.561. The maximum Gasteiger partial charge on any atom is 0.0634 e. The summed E-state index contributed by atoms with van der Waals surface area (Å²) in [5.41, 5.74) is 24.9. The SMILES string of the molecule is N#CCC1(c2ccc(N)cc2)C=C(c2ccc(N)cc2)C=C(c2ccc(N)cc2)C1. The summed E-state index contributed by atoms with van der Waals surface area (Å²) in [5, 5.41) is 9.73. The molecule has 3 aromatic carbocycles. The van der Waals surface area contributed by atoms with Crippen molar-refractivity contribution >= 4 is 28.2 Å². The Balaban J connectivity index is 1.90. The molecule has 30 heavy (non-hydrogen) atoms. The van der Waals surface area contributed by atoms with Crippen molar-refractivity contribution in [2.45, 2.75) is 18.3 Å². The normalized spacial score (nSPS) is 18.2. The molecular weight excluding hydrogens is 368 g/mol. The molecule has 1 aliphatic rings. The predicted molar refractivity (Wildman–Crippen MR) is 125 cm³/mol. The zero-order valence-corrected chi connectivity index (χ0v) is 16.7. The summed E-state index contributed by atoms with van der Waals surface area (Å²) in [6.07, 6.45) is 5.49. The second-order valence-corrected chi connectivity index (χ2v) is 7.80. The van der Waals surface area contributed by atoms with Crippen LogP contribution in [0.25, 0.3) is 11.1 Å². The molecule has 0 saturated heterocycles. The number of hydrogen-bond acceptors (Lipinski definition) is 4. The van der Waals surface area contributed by atoms with Gasteiger partial charge >= 0.3 is 0 Å². The second-order valence-electron chi connectivity index (χ2n) is 7.80. The molecule has 0 radical (unpaired) electrons. The van der Waals surface area contributed by atoms with Gasteiger partial charge in [0.05, 0.1) is 6.07 Å². The fourth-order valence-corrected chi connectivity index (χ4v) is 4.05. The number of nitrogen functional groups attached to an aromatic ring is 3. The van der Waals surface area contributed by atoms with Crippen LogP contribution in [0.15, 0.2) is 84.9 Å². The summed E-state index contributed by atoms with van der Waals surface area (Å²) in [4.78, 5) is 0. The number of nitrogens with two attached hydrogens (primary N) is 3. The van der Waals surface area contributed by atoms with Gasteiger partial charge in [0, 0.05) is 28.9 Å². The lowest BCUT2D eigenvalue weighted by atomic mass is 9.68. The zero-order valence-electron chi connectivity index (χ0n) is 16.7. The highest BCUT2D eigenvalue weighted by atomic mass is 14.5. The van der Waals surface area contributed by atoms with Crippen LogP contribution in [0.1, 0.15) is 29.5 Å². The molecule has 4 rings (SSSR count). The third-order valence-corrected chi connectivity index (χ3v) is 5.67. The Kier molecular flexibility index (Phi) is 5.04. The van der Waals surface area contributed by atoms with Crippen molar-refractivity contribution in [3.63, 3.8) is 0 Å². The minimum Gasteiger partial charge on any atom is -0.399 e. The lowest BCUT2D eigenvalue weighted by Crippen LogP contribution is -2.26. The van der Waals surface area contributed by atoms with Crippen molar-refractivity contribution in [2.75, 3.05) is 17.2 Å². The van der Waals surface area contributed by atoms with Gasteiger partial charge in [-0.1, -0.05) is 48.6 Å². The van der Waals surface area contributed by atoms with Crippen LogP contribution in [0.3, 0.4) is 0 Å². The smallest absolute Gasteiger partial charge is 0.0634 e. The van der Waals surface area contributed by atoms with Crippen molar-refractivity contribution in [3.8, 4) is 6.07 Å². The molecule has 1 unspecified atom stereocenters. The summed E-state index contributed by atoms with van der Waals surface area (Å²) in [5.74, 6) is 0. The van der Waals surface area contributed by atoms with Crippen molar-refractivity contribution in [1.29, 1.82) is 5.26 Å². The molecule has 3 aromatic rings. The Morgan fingerprint density at radius 3 is 1.77 bits per heavy atom. The van der Waals surface area contributed by atoms with Crippen LogP contribution in [0.4, 0.5) is 17.1 Å². The van der Waals surface area contributed by atoms with E-state index in [1.807, 2.05) is 72.8 Å². The summed E-state index contributed by atoms with van der Waals surface area (Å²) in [6, 6.07) is 26.0. The van der Waals surface area contributed by atoms with Crippen LogP contribution in [-0.4, -0.2) is 0 Å². The van der Waals surface area contributed by atoms with E-state index in [4.69, 9.17) is 17.2 Å². The Bertz CT molecular complexity index is 1150. The molecular formula is C26H24N4. The third-order valence-electron chi connectivity index (χ3n) is 5.67. The zero-order chi connectivity index (χ0) is 21.1. The standard InChI is InChI=1S/C26H24N4/c27-14-13-26(22-5-11-25(30)12-6-22)16-20(18-1-7-23(28)8-2-18)15-21(17-26)19-3-9-24(29)10-4-19/h1-12,15-16H,13,17,28-30H2. The number of nitriles is 1. The van der Waals surface area contributed by atoms with E-state index >= 15 is 0 Å². The summed E-state index contributed by atoms with van der Waals surface area (Å²) >= 11 is 0. The number of hydrogen-bond donors (Lipinski definition) is 3. The van der Waals surface area contributed by atoms with Gasteiger partial charge in [0.15, 0.2) is 0 Å². The lowest BCUT2D eigenvalue weighted by Gasteiger charge is -2.35. The molecule has 148 valence electrons. The molecule has 0 fully saturated rings. The van der Waals surface area contributed by atoms with Crippen molar-refractivity contribution in [1.82, 2.24) is 0 Å². The van der Waals surface area contributed by atoms with E-state index in [1.54, 1.807) is 0 Å². The fraction of sp³-hybridized carbons (Fsp3) is 0.115. The van der Waals surface area contributed by atoms with Gasteiger partial charge in [0.1, 0.15) is 0 Å². The first-order valence-electron chi connectivity index (χ1n) is 9.87. The Morgan fingerprint density at radius 2 is 1.23 bits per heavy atom. The maximum absolute atomic E-state index is 9.73. The van der Waals surface area contributed by atoms with Gasteiger partial charge in [-0.05, 0) is 70.7 Å². The van der Waals surface area contributed by atoms with E-state index in [1.165, 1.54) is 0 Å². The average molecular weight is 393 g/mol. The van der Waals surface area contributed by atoms with E-state index in [9.17, 15) is 5.26 Å². The highest BCUT2D eigenvalue weighted by molar-refractivity contribution is 5.88. The van der Waals surface area contributed by atoms with E-state index in [0.29, 0.717) is 18.5 Å². The van der Waals surface area contributed by atoms with Gasteiger partial charge in [0.2, 0.25) is 0 Å². The molecule has 0 aromatic heterocycles. The Hall–Kier alpha value is -3.97. The largest absolute Gasteiger partial charge is 0.399 e. The predicted octanol–water partition coefficient (Wildman–Crippen LogP) is 5.16. The van der Waals surface area contributed by atoms with Crippen molar-refractivity contribution in [2.24, 2.45) is 0 Å². The summed E-state index contributed by atoms with van der Waals surface area (Å²) < 4.78 is 0. The monoisotopic (exact) mass is 392 g/mol. The van der Waals surface area contributed by atoms with Crippen LogP contribution in [0, 0.1) is 11.3 Å². The first kappa shape index (κ1) is 19.4.